The zero-order valence-corrected chi connectivity index (χ0v) is 18.3. The van der Waals surface area contributed by atoms with E-state index in [9.17, 15) is 0 Å². The lowest BCUT2D eigenvalue weighted by atomic mass is 10.2. The molecule has 0 aliphatic heterocycles. The molecule has 0 saturated heterocycles. The monoisotopic (exact) mass is 432 g/mol. The van der Waals surface area contributed by atoms with Crippen molar-refractivity contribution in [3.8, 4) is 0 Å². The number of hydrogen-bond donors (Lipinski definition) is 3. The van der Waals surface area contributed by atoms with E-state index in [1.807, 2.05) is 42.2 Å². The SMILES string of the molecule is Cc1c(SCCCN(CCO)CCO)ccnc1CSc1nc2ccccc2[nH]1. The summed E-state index contributed by atoms with van der Waals surface area (Å²) < 4.78 is 0. The average molecular weight is 433 g/mol. The van der Waals surface area contributed by atoms with Gasteiger partial charge in [-0.2, -0.15) is 0 Å². The number of aliphatic hydroxyl groups is 2. The van der Waals surface area contributed by atoms with Gasteiger partial charge >= 0.3 is 0 Å². The lowest BCUT2D eigenvalue weighted by molar-refractivity contribution is 0.161. The molecular weight excluding hydrogens is 404 g/mol. The van der Waals surface area contributed by atoms with E-state index >= 15 is 0 Å². The molecule has 0 saturated carbocycles. The highest BCUT2D eigenvalue weighted by Gasteiger charge is 2.10. The van der Waals surface area contributed by atoms with Gasteiger partial charge in [0.05, 0.1) is 29.9 Å². The Kier molecular flexibility index (Phi) is 8.82. The average Bonchev–Trinajstić information content (AvgIpc) is 3.14. The number of rotatable bonds is 12. The number of thioether (sulfide) groups is 2. The molecule has 156 valence electrons. The van der Waals surface area contributed by atoms with E-state index in [2.05, 4.69) is 32.8 Å². The molecule has 0 unspecified atom stereocenters. The Labute approximate surface area is 180 Å². The van der Waals surface area contributed by atoms with E-state index in [4.69, 9.17) is 10.2 Å². The molecule has 0 aliphatic rings. The topological polar surface area (TPSA) is 85.3 Å². The summed E-state index contributed by atoms with van der Waals surface area (Å²) in [5, 5.41) is 19.1. The van der Waals surface area contributed by atoms with Gasteiger partial charge in [-0.25, -0.2) is 4.98 Å². The number of nitrogens with one attached hydrogen (secondary N) is 1. The van der Waals surface area contributed by atoms with Gasteiger partial charge in [-0.05, 0) is 49.4 Å². The summed E-state index contributed by atoms with van der Waals surface area (Å²) in [6.07, 6.45) is 2.89. The molecule has 0 radical (unpaired) electrons. The number of aromatic amines is 1. The minimum Gasteiger partial charge on any atom is -0.395 e. The summed E-state index contributed by atoms with van der Waals surface area (Å²) in [7, 11) is 0. The summed E-state index contributed by atoms with van der Waals surface area (Å²) in [4.78, 5) is 15.9. The maximum Gasteiger partial charge on any atom is 0.166 e. The molecule has 0 spiro atoms. The van der Waals surface area contributed by atoms with E-state index < -0.39 is 0 Å². The molecule has 0 fully saturated rings. The molecule has 6 nitrogen and oxygen atoms in total. The van der Waals surface area contributed by atoms with Gasteiger partial charge in [0.2, 0.25) is 0 Å². The fourth-order valence-electron chi connectivity index (χ4n) is 3.08. The van der Waals surface area contributed by atoms with Crippen LogP contribution >= 0.6 is 23.5 Å². The van der Waals surface area contributed by atoms with E-state index in [0.29, 0.717) is 13.1 Å². The van der Waals surface area contributed by atoms with Crippen LogP contribution in [0.1, 0.15) is 17.7 Å². The van der Waals surface area contributed by atoms with Crippen molar-refractivity contribution in [2.24, 2.45) is 0 Å². The predicted molar refractivity (Wildman–Crippen MR) is 121 cm³/mol. The summed E-state index contributed by atoms with van der Waals surface area (Å²) in [5.74, 6) is 1.77. The lowest BCUT2D eigenvalue weighted by Crippen LogP contribution is -2.31. The van der Waals surface area contributed by atoms with Gasteiger partial charge < -0.3 is 15.2 Å². The summed E-state index contributed by atoms with van der Waals surface area (Å²) in [6.45, 7) is 4.50. The molecule has 3 aromatic rings. The third-order valence-electron chi connectivity index (χ3n) is 4.68. The molecule has 3 rings (SSSR count). The van der Waals surface area contributed by atoms with E-state index in [1.165, 1.54) is 10.5 Å². The number of hydrogen-bond acceptors (Lipinski definition) is 7. The normalized spacial score (nSPS) is 11.6. The number of H-pyrrole nitrogens is 1. The van der Waals surface area contributed by atoms with Gasteiger partial charge in [0.25, 0.3) is 0 Å². The van der Waals surface area contributed by atoms with Crippen LogP contribution in [0.3, 0.4) is 0 Å². The maximum absolute atomic E-state index is 9.09. The Hall–Kier alpha value is -1.58. The first-order chi connectivity index (χ1) is 14.2. The Bertz CT molecular complexity index is 864. The van der Waals surface area contributed by atoms with Gasteiger partial charge in [0.15, 0.2) is 5.16 Å². The smallest absolute Gasteiger partial charge is 0.166 e. The second kappa shape index (κ2) is 11.6. The van der Waals surface area contributed by atoms with Crippen LogP contribution in [0.25, 0.3) is 11.0 Å². The van der Waals surface area contributed by atoms with Crippen LogP contribution in [0.15, 0.2) is 46.6 Å². The molecule has 3 N–H and O–H groups in total. The number of benzene rings is 1. The second-order valence-corrected chi connectivity index (χ2v) is 8.82. The standard InChI is InChI=1S/C21H28N4O2S2/c1-16-19(15-29-21-23-17-5-2-3-6-18(17)24-21)22-8-7-20(16)28-14-4-9-25(10-12-26)11-13-27/h2-3,5-8,26-27H,4,9-15H2,1H3,(H,23,24). The zero-order chi connectivity index (χ0) is 20.5. The first-order valence-corrected chi connectivity index (χ1v) is 11.8. The summed E-state index contributed by atoms with van der Waals surface area (Å²) >= 11 is 3.51. The van der Waals surface area contributed by atoms with E-state index in [1.54, 1.807) is 11.8 Å². The zero-order valence-electron chi connectivity index (χ0n) is 16.7. The van der Waals surface area contributed by atoms with Crippen molar-refractivity contribution in [2.45, 2.75) is 29.1 Å². The Balaban J connectivity index is 1.52. The molecule has 2 heterocycles. The highest BCUT2D eigenvalue weighted by Crippen LogP contribution is 2.28. The van der Waals surface area contributed by atoms with Gasteiger partial charge in [-0.3, -0.25) is 9.88 Å². The molecule has 8 heteroatoms. The van der Waals surface area contributed by atoms with Gasteiger partial charge in [-0.1, -0.05) is 23.9 Å². The van der Waals surface area contributed by atoms with Crippen molar-refractivity contribution >= 4 is 34.6 Å². The number of imidazole rings is 1. The van der Waals surface area contributed by atoms with Gasteiger partial charge in [0.1, 0.15) is 0 Å². The van der Waals surface area contributed by atoms with E-state index in [-0.39, 0.29) is 13.2 Å². The maximum atomic E-state index is 9.09. The molecule has 2 aromatic heterocycles. The fraction of sp³-hybridized carbons (Fsp3) is 0.429. The van der Waals surface area contributed by atoms with Crippen molar-refractivity contribution in [1.82, 2.24) is 19.9 Å². The first-order valence-electron chi connectivity index (χ1n) is 9.80. The lowest BCUT2D eigenvalue weighted by Gasteiger charge is -2.19. The predicted octanol–water partition coefficient (Wildman–Crippen LogP) is 3.33. The molecule has 29 heavy (non-hydrogen) atoms. The highest BCUT2D eigenvalue weighted by molar-refractivity contribution is 7.99. The fourth-order valence-corrected chi connectivity index (χ4v) is 4.98. The van der Waals surface area contributed by atoms with Crippen molar-refractivity contribution < 1.29 is 10.2 Å². The number of fused-ring (bicyclic) bond motifs is 1. The van der Waals surface area contributed by atoms with Crippen LogP contribution in [-0.2, 0) is 5.75 Å². The third kappa shape index (κ3) is 6.45. The van der Waals surface area contributed by atoms with Gasteiger partial charge in [0, 0.05) is 29.9 Å². The molecule has 1 aromatic carbocycles. The third-order valence-corrected chi connectivity index (χ3v) is 6.81. The number of nitrogens with zero attached hydrogens (tertiary/aromatic N) is 3. The molecular formula is C21H28N4O2S2. The Morgan fingerprint density at radius 2 is 1.83 bits per heavy atom. The second-order valence-electron chi connectivity index (χ2n) is 6.72. The minimum atomic E-state index is 0.128. The summed E-state index contributed by atoms with van der Waals surface area (Å²) in [6, 6.07) is 10.1. The van der Waals surface area contributed by atoms with Crippen LogP contribution in [-0.4, -0.2) is 68.7 Å². The van der Waals surface area contributed by atoms with Crippen molar-refractivity contribution in [3.63, 3.8) is 0 Å². The van der Waals surface area contributed by atoms with Crippen molar-refractivity contribution in [1.29, 1.82) is 0 Å². The number of para-hydroxylation sites is 2. The number of aromatic nitrogens is 3. The minimum absolute atomic E-state index is 0.128. The van der Waals surface area contributed by atoms with Gasteiger partial charge in [-0.15, -0.1) is 11.8 Å². The molecule has 0 bridgehead atoms. The van der Waals surface area contributed by atoms with Crippen LogP contribution in [0.2, 0.25) is 0 Å². The van der Waals surface area contributed by atoms with E-state index in [0.717, 1.165) is 46.4 Å². The quantitative estimate of drug-likeness (QED) is 0.299. The Morgan fingerprint density at radius 1 is 1.03 bits per heavy atom. The van der Waals surface area contributed by atoms with Crippen molar-refractivity contribution in [2.75, 3.05) is 38.6 Å². The number of aliphatic hydroxyl groups excluding tert-OH is 2. The highest BCUT2D eigenvalue weighted by atomic mass is 32.2. The number of pyridine rings is 1. The van der Waals surface area contributed by atoms with Crippen LogP contribution in [0, 0.1) is 6.92 Å². The molecule has 0 atom stereocenters. The molecule has 0 aliphatic carbocycles. The summed E-state index contributed by atoms with van der Waals surface area (Å²) in [5.41, 5.74) is 4.35. The van der Waals surface area contributed by atoms with Crippen molar-refractivity contribution in [3.05, 3.63) is 47.8 Å². The first kappa shape index (κ1) is 22.1. The van der Waals surface area contributed by atoms with Crippen LogP contribution in [0.4, 0.5) is 0 Å². The van der Waals surface area contributed by atoms with Crippen LogP contribution < -0.4 is 0 Å². The Morgan fingerprint density at radius 3 is 2.59 bits per heavy atom. The molecule has 0 amide bonds. The van der Waals surface area contributed by atoms with Crippen LogP contribution in [0.5, 0.6) is 0 Å². The largest absolute Gasteiger partial charge is 0.395 e.